The SMILES string of the molecule is Fc1cc2nc(CBr)[nH]c2cc1F. The molecule has 0 unspecified atom stereocenters. The number of rotatable bonds is 1. The number of fused-ring (bicyclic) bond motifs is 1. The number of hydrogen-bond donors (Lipinski definition) is 1. The molecular weight excluding hydrogens is 242 g/mol. The second-order valence-electron chi connectivity index (χ2n) is 2.60. The van der Waals surface area contributed by atoms with Gasteiger partial charge < -0.3 is 4.98 Å². The van der Waals surface area contributed by atoms with E-state index in [4.69, 9.17) is 0 Å². The minimum absolute atomic E-state index is 0.438. The molecule has 1 heterocycles. The molecule has 5 heteroatoms. The summed E-state index contributed by atoms with van der Waals surface area (Å²) in [4.78, 5) is 6.87. The van der Waals surface area contributed by atoms with E-state index in [1.165, 1.54) is 0 Å². The monoisotopic (exact) mass is 246 g/mol. The highest BCUT2D eigenvalue weighted by Gasteiger charge is 2.07. The summed E-state index contributed by atoms with van der Waals surface area (Å²) in [6, 6.07) is 2.18. The molecule has 1 aromatic carbocycles. The maximum Gasteiger partial charge on any atom is 0.161 e. The van der Waals surface area contributed by atoms with Crippen LogP contribution in [0, 0.1) is 11.6 Å². The molecular formula is C8H5BrF2N2. The molecule has 2 rings (SSSR count). The zero-order valence-corrected chi connectivity index (χ0v) is 8.03. The maximum absolute atomic E-state index is 12.7. The van der Waals surface area contributed by atoms with Gasteiger partial charge in [-0.25, -0.2) is 13.8 Å². The van der Waals surface area contributed by atoms with Gasteiger partial charge in [-0.3, -0.25) is 0 Å². The fraction of sp³-hybridized carbons (Fsp3) is 0.125. The molecule has 0 fully saturated rings. The Hall–Kier alpha value is -0.970. The molecule has 0 saturated heterocycles. The van der Waals surface area contributed by atoms with Gasteiger partial charge in [0.05, 0.1) is 16.4 Å². The van der Waals surface area contributed by atoms with Crippen LogP contribution in [0.5, 0.6) is 0 Å². The summed E-state index contributed by atoms with van der Waals surface area (Å²) in [6.45, 7) is 0. The van der Waals surface area contributed by atoms with Crippen LogP contribution in [0.3, 0.4) is 0 Å². The van der Waals surface area contributed by atoms with E-state index in [9.17, 15) is 8.78 Å². The second kappa shape index (κ2) is 3.06. The van der Waals surface area contributed by atoms with Gasteiger partial charge in [-0.2, -0.15) is 0 Å². The van der Waals surface area contributed by atoms with Crippen molar-refractivity contribution in [2.75, 3.05) is 0 Å². The van der Waals surface area contributed by atoms with Crippen molar-refractivity contribution in [1.29, 1.82) is 0 Å². The van der Waals surface area contributed by atoms with E-state index in [-0.39, 0.29) is 0 Å². The van der Waals surface area contributed by atoms with Gasteiger partial charge in [-0.05, 0) is 0 Å². The summed E-state index contributed by atoms with van der Waals surface area (Å²) in [6.07, 6.45) is 0. The predicted molar refractivity (Wildman–Crippen MR) is 48.6 cm³/mol. The lowest BCUT2D eigenvalue weighted by Crippen LogP contribution is -1.82. The molecule has 0 radical (unpaired) electrons. The van der Waals surface area contributed by atoms with Crippen LogP contribution in [0.1, 0.15) is 5.82 Å². The lowest BCUT2D eigenvalue weighted by Gasteiger charge is -1.90. The van der Waals surface area contributed by atoms with Crippen LogP contribution in [0.15, 0.2) is 12.1 Å². The fourth-order valence-electron chi connectivity index (χ4n) is 1.12. The fourth-order valence-corrected chi connectivity index (χ4v) is 1.39. The Morgan fingerprint density at radius 3 is 2.69 bits per heavy atom. The summed E-state index contributed by atoms with van der Waals surface area (Å²) < 4.78 is 25.4. The molecule has 0 aliphatic heterocycles. The first-order valence-electron chi connectivity index (χ1n) is 3.60. The Labute approximate surface area is 81.1 Å². The number of benzene rings is 1. The first-order valence-corrected chi connectivity index (χ1v) is 4.72. The molecule has 1 N–H and O–H groups in total. The number of halogens is 3. The normalized spacial score (nSPS) is 11.0. The molecule has 68 valence electrons. The van der Waals surface area contributed by atoms with E-state index < -0.39 is 11.6 Å². The van der Waals surface area contributed by atoms with Crippen LogP contribution in [-0.4, -0.2) is 9.97 Å². The third-order valence-corrected chi connectivity index (χ3v) is 2.23. The van der Waals surface area contributed by atoms with Crippen molar-refractivity contribution in [3.63, 3.8) is 0 Å². The zero-order chi connectivity index (χ0) is 9.42. The van der Waals surface area contributed by atoms with E-state index in [0.717, 1.165) is 12.1 Å². The third kappa shape index (κ3) is 1.44. The number of alkyl halides is 1. The Bertz CT molecular complexity index is 414. The van der Waals surface area contributed by atoms with Crippen LogP contribution < -0.4 is 0 Å². The van der Waals surface area contributed by atoms with Crippen LogP contribution in [0.25, 0.3) is 11.0 Å². The van der Waals surface area contributed by atoms with Crippen molar-refractivity contribution in [3.8, 4) is 0 Å². The Kier molecular flexibility index (Phi) is 2.03. The van der Waals surface area contributed by atoms with Crippen molar-refractivity contribution in [3.05, 3.63) is 29.6 Å². The quantitative estimate of drug-likeness (QED) is 0.771. The number of nitrogens with zero attached hydrogens (tertiary/aromatic N) is 1. The van der Waals surface area contributed by atoms with E-state index in [1.54, 1.807) is 0 Å². The van der Waals surface area contributed by atoms with Gasteiger partial charge in [-0.15, -0.1) is 0 Å². The van der Waals surface area contributed by atoms with Crippen LogP contribution in [0.4, 0.5) is 8.78 Å². The Balaban J connectivity index is 2.70. The minimum atomic E-state index is -0.875. The minimum Gasteiger partial charge on any atom is -0.341 e. The smallest absolute Gasteiger partial charge is 0.161 e. The molecule has 2 aromatic rings. The molecule has 2 nitrogen and oxygen atoms in total. The molecule has 0 atom stereocenters. The number of aromatic nitrogens is 2. The molecule has 0 aliphatic carbocycles. The van der Waals surface area contributed by atoms with Crippen molar-refractivity contribution >= 4 is 27.0 Å². The highest BCUT2D eigenvalue weighted by Crippen LogP contribution is 2.16. The topological polar surface area (TPSA) is 28.7 Å². The largest absolute Gasteiger partial charge is 0.341 e. The molecule has 0 bridgehead atoms. The van der Waals surface area contributed by atoms with Crippen LogP contribution in [-0.2, 0) is 5.33 Å². The maximum atomic E-state index is 12.7. The highest BCUT2D eigenvalue weighted by atomic mass is 79.9. The van der Waals surface area contributed by atoms with Crippen molar-refractivity contribution in [2.24, 2.45) is 0 Å². The van der Waals surface area contributed by atoms with Gasteiger partial charge in [0, 0.05) is 12.1 Å². The molecule has 0 spiro atoms. The molecule has 1 aromatic heterocycles. The predicted octanol–water partition coefficient (Wildman–Crippen LogP) is 2.74. The number of imidazole rings is 1. The Morgan fingerprint density at radius 2 is 2.00 bits per heavy atom. The van der Waals surface area contributed by atoms with Crippen molar-refractivity contribution < 1.29 is 8.78 Å². The number of nitrogens with one attached hydrogen (secondary N) is 1. The first-order chi connectivity index (χ1) is 6.20. The van der Waals surface area contributed by atoms with E-state index in [1.807, 2.05) is 0 Å². The second-order valence-corrected chi connectivity index (χ2v) is 3.16. The average molecular weight is 247 g/mol. The number of aromatic amines is 1. The van der Waals surface area contributed by atoms with Crippen molar-refractivity contribution in [2.45, 2.75) is 5.33 Å². The number of hydrogen-bond acceptors (Lipinski definition) is 1. The molecule has 13 heavy (non-hydrogen) atoms. The first kappa shape index (κ1) is 8.62. The summed E-state index contributed by atoms with van der Waals surface area (Å²) in [7, 11) is 0. The molecule has 0 amide bonds. The average Bonchev–Trinajstić information content (AvgIpc) is 2.48. The molecule has 0 saturated carbocycles. The van der Waals surface area contributed by atoms with Gasteiger partial charge >= 0.3 is 0 Å². The van der Waals surface area contributed by atoms with Gasteiger partial charge in [0.2, 0.25) is 0 Å². The summed E-state index contributed by atoms with van der Waals surface area (Å²) >= 11 is 3.19. The lowest BCUT2D eigenvalue weighted by molar-refractivity contribution is 0.510. The van der Waals surface area contributed by atoms with Crippen LogP contribution in [0.2, 0.25) is 0 Å². The highest BCUT2D eigenvalue weighted by molar-refractivity contribution is 9.08. The standard InChI is InChI=1S/C8H5BrF2N2/c9-3-8-12-6-1-4(10)5(11)2-7(6)13-8/h1-2H,3H2,(H,12,13). The molecule has 0 aliphatic rings. The third-order valence-electron chi connectivity index (χ3n) is 1.70. The van der Waals surface area contributed by atoms with E-state index >= 15 is 0 Å². The van der Waals surface area contributed by atoms with E-state index in [2.05, 4.69) is 25.9 Å². The van der Waals surface area contributed by atoms with Gasteiger partial charge in [0.15, 0.2) is 11.6 Å². The lowest BCUT2D eigenvalue weighted by atomic mass is 10.3. The van der Waals surface area contributed by atoms with E-state index in [0.29, 0.717) is 22.2 Å². The van der Waals surface area contributed by atoms with Gasteiger partial charge in [0.25, 0.3) is 0 Å². The zero-order valence-electron chi connectivity index (χ0n) is 6.44. The summed E-state index contributed by atoms with van der Waals surface area (Å²) in [5.41, 5.74) is 0.946. The van der Waals surface area contributed by atoms with Gasteiger partial charge in [-0.1, -0.05) is 15.9 Å². The summed E-state index contributed by atoms with van der Waals surface area (Å²) in [5.74, 6) is -1.09. The number of H-pyrrole nitrogens is 1. The van der Waals surface area contributed by atoms with Gasteiger partial charge in [0.1, 0.15) is 5.82 Å². The van der Waals surface area contributed by atoms with Crippen LogP contribution >= 0.6 is 15.9 Å². The Morgan fingerprint density at radius 1 is 1.31 bits per heavy atom. The summed E-state index contributed by atoms with van der Waals surface area (Å²) in [5, 5.41) is 0.533. The van der Waals surface area contributed by atoms with Crippen molar-refractivity contribution in [1.82, 2.24) is 9.97 Å².